The summed E-state index contributed by atoms with van der Waals surface area (Å²) in [7, 11) is 1.50. The molecule has 0 aromatic heterocycles. The molecule has 2 aromatic carbocycles. The molecule has 0 aliphatic heterocycles. The highest BCUT2D eigenvalue weighted by Crippen LogP contribution is 2.21. The maximum Gasteiger partial charge on any atom is 0.325 e. The number of nitrogens with one attached hydrogen (secondary N) is 1. The normalized spacial score (nSPS) is 10.3. The molecule has 6 nitrogen and oxygen atoms in total. The van der Waals surface area contributed by atoms with Crippen molar-refractivity contribution in [2.24, 2.45) is 0 Å². The van der Waals surface area contributed by atoms with E-state index in [1.807, 2.05) is 33.8 Å². The van der Waals surface area contributed by atoms with E-state index >= 15 is 0 Å². The highest BCUT2D eigenvalue weighted by molar-refractivity contribution is 6.00. The van der Waals surface area contributed by atoms with Gasteiger partial charge < -0.3 is 14.8 Å². The molecule has 0 aliphatic rings. The Labute approximate surface area is 164 Å². The molecule has 6 heteroatoms. The Kier molecular flexibility index (Phi) is 6.93. The fraction of sp³-hybridized carbons (Fsp3) is 0.318. The minimum Gasteiger partial charge on any atom is -0.497 e. The summed E-state index contributed by atoms with van der Waals surface area (Å²) < 4.78 is 10.1. The van der Waals surface area contributed by atoms with Crippen LogP contribution in [-0.2, 0) is 9.53 Å². The summed E-state index contributed by atoms with van der Waals surface area (Å²) >= 11 is 0. The van der Waals surface area contributed by atoms with Crippen molar-refractivity contribution in [1.82, 2.24) is 5.32 Å². The van der Waals surface area contributed by atoms with E-state index in [0.29, 0.717) is 16.9 Å². The highest BCUT2D eigenvalue weighted by Gasteiger charge is 2.16. The average molecular weight is 383 g/mol. The quantitative estimate of drug-likeness (QED) is 0.587. The van der Waals surface area contributed by atoms with Crippen LogP contribution in [0.4, 0.5) is 0 Å². The van der Waals surface area contributed by atoms with Gasteiger partial charge in [0.1, 0.15) is 12.3 Å². The maximum absolute atomic E-state index is 12.4. The summed E-state index contributed by atoms with van der Waals surface area (Å²) in [5.74, 6) is -0.832. The van der Waals surface area contributed by atoms with Crippen LogP contribution >= 0.6 is 0 Å². The highest BCUT2D eigenvalue weighted by atomic mass is 16.5. The van der Waals surface area contributed by atoms with Crippen molar-refractivity contribution in [3.05, 3.63) is 63.7 Å². The Balaban J connectivity index is 1.90. The molecule has 1 N–H and O–H groups in total. The van der Waals surface area contributed by atoms with Crippen molar-refractivity contribution in [1.29, 1.82) is 0 Å². The lowest BCUT2D eigenvalue weighted by molar-refractivity contribution is -0.141. The third kappa shape index (κ3) is 4.97. The Morgan fingerprint density at radius 1 is 0.964 bits per heavy atom. The van der Waals surface area contributed by atoms with E-state index in [2.05, 4.69) is 5.32 Å². The number of methoxy groups -OCH3 is 1. The molecule has 0 fully saturated rings. The summed E-state index contributed by atoms with van der Waals surface area (Å²) in [5, 5.41) is 2.47. The van der Waals surface area contributed by atoms with E-state index in [9.17, 15) is 14.4 Å². The van der Waals surface area contributed by atoms with Gasteiger partial charge in [0.15, 0.2) is 6.61 Å². The SMILES string of the molecule is COc1cccc(C(=O)NCC(=O)OCC(=O)c2cc(C)c(C)c(C)c2C)c1. The van der Waals surface area contributed by atoms with Gasteiger partial charge in [0.05, 0.1) is 7.11 Å². The molecule has 148 valence electrons. The van der Waals surface area contributed by atoms with E-state index in [0.717, 1.165) is 22.3 Å². The molecule has 0 saturated carbocycles. The number of Topliss-reactive ketones (excluding diaryl/α,β-unsaturated/α-hetero) is 1. The standard InChI is InChI=1S/C22H25NO5/c1-13-9-19(16(4)15(3)14(13)2)20(24)12-28-21(25)11-23-22(26)17-7-6-8-18(10-17)27-5/h6-10H,11-12H2,1-5H3,(H,23,26). The van der Waals surface area contributed by atoms with Gasteiger partial charge in [-0.2, -0.15) is 0 Å². The Bertz CT molecular complexity index is 917. The van der Waals surface area contributed by atoms with Gasteiger partial charge in [0, 0.05) is 11.1 Å². The first-order chi connectivity index (χ1) is 13.2. The second-order valence-electron chi connectivity index (χ2n) is 6.61. The van der Waals surface area contributed by atoms with Crippen LogP contribution in [0.1, 0.15) is 43.0 Å². The fourth-order valence-corrected chi connectivity index (χ4v) is 2.80. The van der Waals surface area contributed by atoms with Gasteiger partial charge in [-0.15, -0.1) is 0 Å². The summed E-state index contributed by atoms with van der Waals surface area (Å²) in [4.78, 5) is 36.4. The Morgan fingerprint density at radius 3 is 2.36 bits per heavy atom. The molecular formula is C22H25NO5. The molecule has 0 atom stereocenters. The molecule has 2 aromatic rings. The summed E-state index contributed by atoms with van der Waals surface area (Å²) in [6.07, 6.45) is 0. The zero-order valence-electron chi connectivity index (χ0n) is 16.8. The van der Waals surface area contributed by atoms with Gasteiger partial charge in [0.2, 0.25) is 5.78 Å². The fourth-order valence-electron chi connectivity index (χ4n) is 2.80. The van der Waals surface area contributed by atoms with Gasteiger partial charge in [-0.3, -0.25) is 14.4 Å². The van der Waals surface area contributed by atoms with Crippen LogP contribution < -0.4 is 10.1 Å². The third-order valence-corrected chi connectivity index (χ3v) is 4.87. The monoisotopic (exact) mass is 383 g/mol. The lowest BCUT2D eigenvalue weighted by Crippen LogP contribution is -2.31. The van der Waals surface area contributed by atoms with Crippen LogP contribution in [0.15, 0.2) is 30.3 Å². The largest absolute Gasteiger partial charge is 0.497 e. The number of rotatable bonds is 7. The number of ether oxygens (including phenoxy) is 2. The van der Waals surface area contributed by atoms with Crippen molar-refractivity contribution in [2.75, 3.05) is 20.3 Å². The number of carbonyl (C=O) groups excluding carboxylic acids is 3. The predicted octanol–water partition coefficient (Wildman–Crippen LogP) is 3.08. The Hall–Kier alpha value is -3.15. The van der Waals surface area contributed by atoms with E-state index in [4.69, 9.17) is 9.47 Å². The van der Waals surface area contributed by atoms with E-state index in [-0.39, 0.29) is 18.9 Å². The number of hydrogen-bond donors (Lipinski definition) is 1. The first kappa shape index (κ1) is 21.2. The van der Waals surface area contributed by atoms with Gasteiger partial charge in [0.25, 0.3) is 5.91 Å². The number of benzene rings is 2. The number of esters is 1. The lowest BCUT2D eigenvalue weighted by atomic mass is 9.93. The average Bonchev–Trinajstić information content (AvgIpc) is 2.71. The van der Waals surface area contributed by atoms with Crippen molar-refractivity contribution < 1.29 is 23.9 Å². The number of hydrogen-bond acceptors (Lipinski definition) is 5. The molecule has 0 aliphatic carbocycles. The molecular weight excluding hydrogens is 358 g/mol. The van der Waals surface area contributed by atoms with Crippen LogP contribution in [0.5, 0.6) is 5.75 Å². The maximum atomic E-state index is 12.4. The predicted molar refractivity (Wildman–Crippen MR) is 106 cm³/mol. The second kappa shape index (κ2) is 9.17. The number of ketones is 1. The minimum absolute atomic E-state index is 0.267. The van der Waals surface area contributed by atoms with Crippen molar-refractivity contribution in [3.63, 3.8) is 0 Å². The summed E-state index contributed by atoms with van der Waals surface area (Å²) in [6, 6.07) is 8.39. The van der Waals surface area contributed by atoms with Crippen LogP contribution in [0.25, 0.3) is 0 Å². The van der Waals surface area contributed by atoms with Gasteiger partial charge in [-0.25, -0.2) is 0 Å². The Morgan fingerprint density at radius 2 is 1.68 bits per heavy atom. The smallest absolute Gasteiger partial charge is 0.325 e. The van der Waals surface area contributed by atoms with E-state index in [1.165, 1.54) is 7.11 Å². The second-order valence-corrected chi connectivity index (χ2v) is 6.61. The van der Waals surface area contributed by atoms with Crippen molar-refractivity contribution >= 4 is 17.7 Å². The number of amides is 1. The lowest BCUT2D eigenvalue weighted by Gasteiger charge is -2.13. The molecule has 1 amide bonds. The molecule has 2 rings (SSSR count). The van der Waals surface area contributed by atoms with Crippen molar-refractivity contribution in [3.8, 4) is 5.75 Å². The molecule has 0 bridgehead atoms. The number of carbonyl (C=O) groups is 3. The molecule has 0 saturated heterocycles. The number of aryl methyl sites for hydroxylation is 1. The van der Waals surface area contributed by atoms with E-state index in [1.54, 1.807) is 24.3 Å². The summed E-state index contributed by atoms with van der Waals surface area (Å²) in [5.41, 5.74) is 5.02. The topological polar surface area (TPSA) is 81.7 Å². The third-order valence-electron chi connectivity index (χ3n) is 4.87. The summed E-state index contributed by atoms with van der Waals surface area (Å²) in [6.45, 7) is 7.11. The molecule has 0 spiro atoms. The van der Waals surface area contributed by atoms with Crippen molar-refractivity contribution in [2.45, 2.75) is 27.7 Å². The van der Waals surface area contributed by atoms with Crippen LogP contribution in [0.3, 0.4) is 0 Å². The van der Waals surface area contributed by atoms with Gasteiger partial charge in [-0.1, -0.05) is 6.07 Å². The molecule has 0 radical (unpaired) electrons. The van der Waals surface area contributed by atoms with Crippen LogP contribution in [0.2, 0.25) is 0 Å². The first-order valence-corrected chi connectivity index (χ1v) is 8.93. The van der Waals surface area contributed by atoms with E-state index < -0.39 is 11.9 Å². The van der Waals surface area contributed by atoms with Crippen LogP contribution in [-0.4, -0.2) is 37.9 Å². The van der Waals surface area contributed by atoms with Crippen LogP contribution in [0, 0.1) is 27.7 Å². The minimum atomic E-state index is -0.678. The molecule has 28 heavy (non-hydrogen) atoms. The first-order valence-electron chi connectivity index (χ1n) is 8.93. The molecule has 0 heterocycles. The van der Waals surface area contributed by atoms with Gasteiger partial charge >= 0.3 is 5.97 Å². The zero-order chi connectivity index (χ0) is 20.8. The van der Waals surface area contributed by atoms with Gasteiger partial charge in [-0.05, 0) is 74.2 Å². The zero-order valence-corrected chi connectivity index (χ0v) is 16.8. The molecule has 0 unspecified atom stereocenters.